The Kier molecular flexibility index (Phi) is 3.95. The van der Waals surface area contributed by atoms with Crippen molar-refractivity contribution in [2.24, 2.45) is 7.05 Å². The fraction of sp³-hybridized carbons (Fsp3) is 0.500. The minimum Gasteiger partial charge on any atom is -0.352 e. The molecule has 1 atom stereocenters. The van der Waals surface area contributed by atoms with Crippen LogP contribution in [-0.4, -0.2) is 65.5 Å². The Morgan fingerprint density at radius 1 is 1.24 bits per heavy atom. The number of rotatable bonds is 2. The van der Waals surface area contributed by atoms with E-state index in [-0.39, 0.29) is 11.8 Å². The first kappa shape index (κ1) is 16.1. The van der Waals surface area contributed by atoms with Gasteiger partial charge in [-0.1, -0.05) is 0 Å². The first-order valence-corrected chi connectivity index (χ1v) is 8.44. The summed E-state index contributed by atoms with van der Waals surface area (Å²) >= 11 is 0. The summed E-state index contributed by atoms with van der Waals surface area (Å²) in [6, 6.07) is 1.89. The van der Waals surface area contributed by atoms with Crippen LogP contribution in [0.5, 0.6) is 0 Å². The van der Waals surface area contributed by atoms with E-state index in [9.17, 15) is 9.59 Å². The van der Waals surface area contributed by atoms with Gasteiger partial charge in [0.25, 0.3) is 0 Å². The maximum atomic E-state index is 12.3. The van der Waals surface area contributed by atoms with E-state index < -0.39 is 5.92 Å². The number of fused-ring (bicyclic) bond motifs is 1. The number of hydrogen-bond donors (Lipinski definition) is 1. The van der Waals surface area contributed by atoms with Gasteiger partial charge in [-0.2, -0.15) is 5.10 Å². The average Bonchev–Trinajstić information content (AvgIpc) is 2.93. The molecule has 2 saturated heterocycles. The number of carbonyl (C=O) groups excluding carboxylic acids is 2. The highest BCUT2D eigenvalue weighted by Crippen LogP contribution is 2.33. The predicted octanol–water partition coefficient (Wildman–Crippen LogP) is -0.306. The monoisotopic (exact) mass is 338 g/mol. The zero-order valence-electron chi connectivity index (χ0n) is 14.1. The lowest BCUT2D eigenvalue weighted by Crippen LogP contribution is -2.45. The second-order valence-electron chi connectivity index (χ2n) is 6.57. The van der Waals surface area contributed by atoms with E-state index in [0.29, 0.717) is 18.5 Å². The number of pyridine rings is 1. The summed E-state index contributed by atoms with van der Waals surface area (Å²) in [7, 11) is 7.71. The van der Waals surface area contributed by atoms with Crippen LogP contribution >= 0.6 is 0 Å². The molecule has 1 unspecified atom stereocenters. The number of aromatic nitrogens is 3. The zero-order valence-corrected chi connectivity index (χ0v) is 14.1. The van der Waals surface area contributed by atoms with Crippen LogP contribution in [0.4, 0.5) is 5.82 Å². The molecule has 2 aliphatic heterocycles. The van der Waals surface area contributed by atoms with Crippen LogP contribution in [0.1, 0.15) is 24.5 Å². The van der Waals surface area contributed by atoms with Crippen molar-refractivity contribution in [3.05, 3.63) is 18.0 Å². The minimum absolute atomic E-state index is 0.219. The number of imide groups is 1. The first-order valence-electron chi connectivity index (χ1n) is 8.44. The van der Waals surface area contributed by atoms with E-state index in [0.717, 1.165) is 42.9 Å². The molecule has 0 saturated carbocycles. The molecule has 2 aromatic heterocycles. The molecule has 0 aliphatic carbocycles. The van der Waals surface area contributed by atoms with Crippen LogP contribution in [0, 0.1) is 0 Å². The SMILES string of the molecule is [B]N1CCN(c2nccc3c(C4CCC(=O)NC4=O)nn(C)c23)CC1. The lowest BCUT2D eigenvalue weighted by atomic mass is 9.93. The molecule has 9 heteroatoms. The smallest absolute Gasteiger partial charge is 0.235 e. The Morgan fingerprint density at radius 3 is 2.72 bits per heavy atom. The van der Waals surface area contributed by atoms with E-state index in [1.54, 1.807) is 15.7 Å². The Balaban J connectivity index is 1.75. The molecule has 0 spiro atoms. The van der Waals surface area contributed by atoms with Crippen LogP contribution in [0.2, 0.25) is 0 Å². The Labute approximate surface area is 146 Å². The van der Waals surface area contributed by atoms with Crippen LogP contribution in [-0.2, 0) is 16.6 Å². The average molecular weight is 338 g/mol. The van der Waals surface area contributed by atoms with Crippen LogP contribution in [0.25, 0.3) is 10.9 Å². The molecule has 0 bridgehead atoms. The first-order chi connectivity index (χ1) is 12.0. The van der Waals surface area contributed by atoms with Gasteiger partial charge >= 0.3 is 0 Å². The summed E-state index contributed by atoms with van der Waals surface area (Å²) in [5, 5.41) is 7.93. The fourth-order valence-electron chi connectivity index (χ4n) is 3.61. The van der Waals surface area contributed by atoms with Crippen LogP contribution < -0.4 is 10.2 Å². The third-order valence-electron chi connectivity index (χ3n) is 4.95. The van der Waals surface area contributed by atoms with Gasteiger partial charge in [-0.15, -0.1) is 0 Å². The van der Waals surface area contributed by atoms with Gasteiger partial charge in [-0.25, -0.2) is 4.98 Å². The van der Waals surface area contributed by atoms with Gasteiger partial charge in [0.2, 0.25) is 11.8 Å². The molecule has 25 heavy (non-hydrogen) atoms. The van der Waals surface area contributed by atoms with Crippen molar-refractivity contribution in [1.82, 2.24) is 24.9 Å². The van der Waals surface area contributed by atoms with Gasteiger partial charge < -0.3 is 9.71 Å². The van der Waals surface area contributed by atoms with E-state index in [1.807, 2.05) is 13.1 Å². The second-order valence-corrected chi connectivity index (χ2v) is 6.57. The molecular weight excluding hydrogens is 319 g/mol. The molecule has 8 nitrogen and oxygen atoms in total. The molecule has 0 aromatic carbocycles. The number of piperazine rings is 1. The summed E-state index contributed by atoms with van der Waals surface area (Å²) < 4.78 is 1.78. The molecular formula is C16H19BN6O2. The largest absolute Gasteiger partial charge is 0.352 e. The molecule has 4 rings (SSSR count). The number of piperidine rings is 1. The van der Waals surface area contributed by atoms with Gasteiger partial charge in [0.1, 0.15) is 5.52 Å². The van der Waals surface area contributed by atoms with Crippen molar-refractivity contribution in [2.45, 2.75) is 18.8 Å². The molecule has 4 heterocycles. The number of amides is 2. The topological polar surface area (TPSA) is 83.4 Å². The van der Waals surface area contributed by atoms with Crippen LogP contribution in [0.3, 0.4) is 0 Å². The maximum Gasteiger partial charge on any atom is 0.235 e. The highest BCUT2D eigenvalue weighted by atomic mass is 16.2. The van der Waals surface area contributed by atoms with Gasteiger partial charge in [0.15, 0.2) is 13.8 Å². The summed E-state index contributed by atoms with van der Waals surface area (Å²) in [4.78, 5) is 32.2. The van der Waals surface area contributed by atoms with Gasteiger partial charge in [-0.3, -0.25) is 19.6 Å². The predicted molar refractivity (Wildman–Crippen MR) is 93.2 cm³/mol. The van der Waals surface area contributed by atoms with Crippen molar-refractivity contribution in [2.75, 3.05) is 31.1 Å². The molecule has 2 amide bonds. The molecule has 2 aromatic rings. The van der Waals surface area contributed by atoms with Crippen molar-refractivity contribution in [1.29, 1.82) is 0 Å². The van der Waals surface area contributed by atoms with E-state index in [1.165, 1.54) is 0 Å². The minimum atomic E-state index is -0.405. The molecule has 2 radical (unpaired) electrons. The standard InChI is InChI=1S/C16H19BN6O2/c1-21-14-10(13(20-21)11-2-3-12(24)19-16(11)25)4-5-18-15(14)22-6-8-23(17)9-7-22/h4-5,11H,2-3,6-9H2,1H3,(H,19,24,25). The molecule has 128 valence electrons. The van der Waals surface area contributed by atoms with E-state index in [2.05, 4.69) is 20.3 Å². The number of hydrogen-bond acceptors (Lipinski definition) is 6. The van der Waals surface area contributed by atoms with Gasteiger partial charge in [-0.05, 0) is 12.5 Å². The summed E-state index contributed by atoms with van der Waals surface area (Å²) in [6.07, 6.45) is 2.58. The Bertz CT molecular complexity index is 843. The van der Waals surface area contributed by atoms with E-state index >= 15 is 0 Å². The third-order valence-corrected chi connectivity index (χ3v) is 4.95. The second kappa shape index (κ2) is 6.14. The van der Waals surface area contributed by atoms with E-state index in [4.69, 9.17) is 7.98 Å². The van der Waals surface area contributed by atoms with Gasteiger partial charge in [0, 0.05) is 51.2 Å². The quantitative estimate of drug-likeness (QED) is 0.598. The van der Waals surface area contributed by atoms with Crippen molar-refractivity contribution in [3.8, 4) is 0 Å². The summed E-state index contributed by atoms with van der Waals surface area (Å²) in [5.74, 6) is -0.0356. The highest BCUT2D eigenvalue weighted by molar-refractivity contribution is 6.04. The zero-order chi connectivity index (χ0) is 17.6. The molecule has 1 N–H and O–H groups in total. The number of carbonyl (C=O) groups is 2. The van der Waals surface area contributed by atoms with Crippen molar-refractivity contribution in [3.63, 3.8) is 0 Å². The number of nitrogens with zero attached hydrogens (tertiary/aromatic N) is 5. The summed E-state index contributed by atoms with van der Waals surface area (Å²) in [5.41, 5.74) is 1.62. The molecule has 2 fully saturated rings. The van der Waals surface area contributed by atoms with Crippen LogP contribution in [0.15, 0.2) is 12.3 Å². The Hall–Kier alpha value is -2.42. The lowest BCUT2D eigenvalue weighted by molar-refractivity contribution is -0.134. The fourth-order valence-corrected chi connectivity index (χ4v) is 3.61. The lowest BCUT2D eigenvalue weighted by Gasteiger charge is -2.34. The van der Waals surface area contributed by atoms with Gasteiger partial charge in [0.05, 0.1) is 11.6 Å². The Morgan fingerprint density at radius 2 is 2.00 bits per heavy atom. The maximum absolute atomic E-state index is 12.3. The number of nitrogens with one attached hydrogen (secondary N) is 1. The summed E-state index contributed by atoms with van der Waals surface area (Å²) in [6.45, 7) is 3.13. The highest BCUT2D eigenvalue weighted by Gasteiger charge is 2.32. The normalized spacial score (nSPS) is 22.4. The molecule has 2 aliphatic rings. The third kappa shape index (κ3) is 2.78. The van der Waals surface area contributed by atoms with Crippen molar-refractivity contribution < 1.29 is 9.59 Å². The van der Waals surface area contributed by atoms with Crippen molar-refractivity contribution >= 4 is 36.5 Å². The number of anilines is 1. The number of aryl methyl sites for hydroxylation is 1.